The van der Waals surface area contributed by atoms with Crippen LogP contribution in [0.15, 0.2) is 0 Å². The van der Waals surface area contributed by atoms with Gasteiger partial charge in [-0.05, 0) is 38.8 Å². The smallest absolute Gasteiger partial charge is 0.225 e. The number of nitrogens with one attached hydrogen (secondary N) is 1. The third kappa shape index (κ3) is 4.70. The number of piperidine rings is 1. The Bertz CT molecular complexity index is 357. The van der Waals surface area contributed by atoms with Crippen molar-refractivity contribution in [3.05, 3.63) is 0 Å². The molecule has 0 aromatic heterocycles. The second-order valence-electron chi connectivity index (χ2n) is 6.19. The minimum atomic E-state index is 0.0879. The first-order valence-electron chi connectivity index (χ1n) is 8.44. The van der Waals surface area contributed by atoms with Gasteiger partial charge in [0.05, 0.1) is 0 Å². The van der Waals surface area contributed by atoms with E-state index in [0.717, 1.165) is 65.0 Å². The van der Waals surface area contributed by atoms with Crippen LogP contribution in [0.4, 0.5) is 0 Å². The molecule has 1 N–H and O–H groups in total. The van der Waals surface area contributed by atoms with Crippen LogP contribution in [-0.2, 0) is 9.59 Å². The van der Waals surface area contributed by atoms with Gasteiger partial charge in [-0.25, -0.2) is 0 Å². The number of carbonyl (C=O) groups is 2. The zero-order valence-corrected chi connectivity index (χ0v) is 13.4. The van der Waals surface area contributed by atoms with Crippen LogP contribution in [0, 0.1) is 11.8 Å². The largest absolute Gasteiger partial charge is 0.355 e. The molecule has 5 heteroatoms. The van der Waals surface area contributed by atoms with Gasteiger partial charge in [-0.2, -0.15) is 0 Å². The molecule has 0 atom stereocenters. The molecule has 0 aromatic carbocycles. The lowest BCUT2D eigenvalue weighted by Crippen LogP contribution is -2.44. The first kappa shape index (κ1) is 16.3. The van der Waals surface area contributed by atoms with Gasteiger partial charge in [0.1, 0.15) is 0 Å². The maximum atomic E-state index is 12.1. The molecule has 1 aliphatic heterocycles. The Labute approximate surface area is 128 Å². The summed E-state index contributed by atoms with van der Waals surface area (Å²) in [5.74, 6) is 0.866. The number of likely N-dealkylation sites (N-methyl/N-ethyl adjacent to an activating group) is 1. The Kier molecular flexibility index (Phi) is 6.03. The highest BCUT2D eigenvalue weighted by atomic mass is 16.2. The number of hydrogen-bond donors (Lipinski definition) is 1. The summed E-state index contributed by atoms with van der Waals surface area (Å²) >= 11 is 0. The fourth-order valence-corrected chi connectivity index (χ4v) is 2.97. The zero-order valence-electron chi connectivity index (χ0n) is 13.4. The molecule has 0 bridgehead atoms. The van der Waals surface area contributed by atoms with Crippen molar-refractivity contribution in [2.75, 3.05) is 39.3 Å². The summed E-state index contributed by atoms with van der Waals surface area (Å²) in [4.78, 5) is 28.4. The maximum absolute atomic E-state index is 12.1. The lowest BCUT2D eigenvalue weighted by molar-refractivity contribution is -0.136. The Morgan fingerprint density at radius 3 is 2.19 bits per heavy atom. The Balaban J connectivity index is 1.64. The van der Waals surface area contributed by atoms with Crippen molar-refractivity contribution in [3.63, 3.8) is 0 Å². The highest BCUT2D eigenvalue weighted by Crippen LogP contribution is 2.32. The molecule has 1 saturated heterocycles. The lowest BCUT2D eigenvalue weighted by Gasteiger charge is -2.31. The molecule has 0 aromatic rings. The van der Waals surface area contributed by atoms with E-state index in [1.165, 1.54) is 0 Å². The van der Waals surface area contributed by atoms with Gasteiger partial charge in [-0.1, -0.05) is 13.8 Å². The summed E-state index contributed by atoms with van der Waals surface area (Å²) in [7, 11) is 0. The molecule has 1 saturated carbocycles. The van der Waals surface area contributed by atoms with Crippen molar-refractivity contribution in [1.82, 2.24) is 15.1 Å². The zero-order chi connectivity index (χ0) is 15.2. The first-order valence-corrected chi connectivity index (χ1v) is 8.44. The predicted octanol–water partition coefficient (Wildman–Crippen LogP) is 1.09. The Hall–Kier alpha value is -1.10. The standard InChI is InChI=1S/C16H29N3O2/c1-3-18(4-2)12-9-17-15(20)13-7-10-19(11-8-13)16(21)14-5-6-14/h13-14H,3-12H2,1-2H3,(H,17,20). The number of hydrogen-bond acceptors (Lipinski definition) is 3. The van der Waals surface area contributed by atoms with Gasteiger partial charge in [0.2, 0.25) is 11.8 Å². The van der Waals surface area contributed by atoms with E-state index >= 15 is 0 Å². The number of amides is 2. The predicted molar refractivity (Wildman–Crippen MR) is 82.8 cm³/mol. The maximum Gasteiger partial charge on any atom is 0.225 e. The van der Waals surface area contributed by atoms with Crippen LogP contribution in [0.25, 0.3) is 0 Å². The van der Waals surface area contributed by atoms with Crippen LogP contribution in [0.2, 0.25) is 0 Å². The second-order valence-corrected chi connectivity index (χ2v) is 6.19. The molecule has 2 amide bonds. The van der Waals surface area contributed by atoms with Crippen LogP contribution in [0.5, 0.6) is 0 Å². The van der Waals surface area contributed by atoms with E-state index in [2.05, 4.69) is 24.1 Å². The van der Waals surface area contributed by atoms with Gasteiger partial charge in [0, 0.05) is 38.0 Å². The number of carbonyl (C=O) groups excluding carboxylic acids is 2. The van der Waals surface area contributed by atoms with Crippen LogP contribution in [0.1, 0.15) is 39.5 Å². The third-order valence-electron chi connectivity index (χ3n) is 4.73. The van der Waals surface area contributed by atoms with Gasteiger partial charge in [-0.3, -0.25) is 9.59 Å². The topological polar surface area (TPSA) is 52.7 Å². The van der Waals surface area contributed by atoms with Crippen LogP contribution in [-0.4, -0.2) is 60.9 Å². The second kappa shape index (κ2) is 7.78. The van der Waals surface area contributed by atoms with Crippen molar-refractivity contribution < 1.29 is 9.59 Å². The van der Waals surface area contributed by atoms with E-state index < -0.39 is 0 Å². The normalized spacial score (nSPS) is 19.9. The van der Waals surface area contributed by atoms with Crippen molar-refractivity contribution in [2.24, 2.45) is 11.8 Å². The van der Waals surface area contributed by atoms with Crippen LogP contribution < -0.4 is 5.32 Å². The molecule has 1 aliphatic carbocycles. The third-order valence-corrected chi connectivity index (χ3v) is 4.73. The molecular weight excluding hydrogens is 266 g/mol. The van der Waals surface area contributed by atoms with Crippen molar-refractivity contribution in [3.8, 4) is 0 Å². The molecule has 5 nitrogen and oxygen atoms in total. The monoisotopic (exact) mass is 295 g/mol. The van der Waals surface area contributed by atoms with E-state index in [1.807, 2.05) is 4.90 Å². The fourth-order valence-electron chi connectivity index (χ4n) is 2.97. The van der Waals surface area contributed by atoms with E-state index in [9.17, 15) is 9.59 Å². The Morgan fingerprint density at radius 1 is 1.05 bits per heavy atom. The molecule has 21 heavy (non-hydrogen) atoms. The van der Waals surface area contributed by atoms with Gasteiger partial charge in [0.25, 0.3) is 0 Å². The highest BCUT2D eigenvalue weighted by Gasteiger charge is 2.35. The average molecular weight is 295 g/mol. The van der Waals surface area contributed by atoms with E-state index in [-0.39, 0.29) is 11.8 Å². The summed E-state index contributed by atoms with van der Waals surface area (Å²) in [5, 5.41) is 3.05. The van der Waals surface area contributed by atoms with Crippen LogP contribution >= 0.6 is 0 Å². The Morgan fingerprint density at radius 2 is 1.67 bits per heavy atom. The van der Waals surface area contributed by atoms with Gasteiger partial charge >= 0.3 is 0 Å². The summed E-state index contributed by atoms with van der Waals surface area (Å²) in [5.41, 5.74) is 0. The van der Waals surface area contributed by atoms with Gasteiger partial charge in [-0.15, -0.1) is 0 Å². The molecule has 0 unspecified atom stereocenters. The number of likely N-dealkylation sites (tertiary alicyclic amines) is 1. The molecule has 2 rings (SSSR count). The number of nitrogens with zero attached hydrogens (tertiary/aromatic N) is 2. The first-order chi connectivity index (χ1) is 10.2. The summed E-state index contributed by atoms with van der Waals surface area (Å²) in [6.45, 7) is 9.46. The minimum Gasteiger partial charge on any atom is -0.355 e. The SMILES string of the molecule is CCN(CC)CCNC(=O)C1CCN(C(=O)C2CC2)CC1. The van der Waals surface area contributed by atoms with Crippen molar-refractivity contribution in [1.29, 1.82) is 0 Å². The minimum absolute atomic E-state index is 0.0879. The van der Waals surface area contributed by atoms with Gasteiger partial charge < -0.3 is 15.1 Å². The molecule has 120 valence electrons. The molecule has 2 aliphatic rings. The average Bonchev–Trinajstić information content (AvgIpc) is 3.35. The highest BCUT2D eigenvalue weighted by molar-refractivity contribution is 5.82. The molecular formula is C16H29N3O2. The van der Waals surface area contributed by atoms with E-state index in [1.54, 1.807) is 0 Å². The lowest BCUT2D eigenvalue weighted by atomic mass is 9.95. The number of rotatable bonds is 7. The van der Waals surface area contributed by atoms with Crippen LogP contribution in [0.3, 0.4) is 0 Å². The van der Waals surface area contributed by atoms with Crippen molar-refractivity contribution >= 4 is 11.8 Å². The quantitative estimate of drug-likeness (QED) is 0.765. The van der Waals surface area contributed by atoms with Crippen molar-refractivity contribution in [2.45, 2.75) is 39.5 Å². The van der Waals surface area contributed by atoms with E-state index in [0.29, 0.717) is 11.8 Å². The fraction of sp³-hybridized carbons (Fsp3) is 0.875. The summed E-state index contributed by atoms with van der Waals surface area (Å²) in [6.07, 6.45) is 3.75. The molecule has 2 fully saturated rings. The summed E-state index contributed by atoms with van der Waals surface area (Å²) in [6, 6.07) is 0. The molecule has 1 heterocycles. The van der Waals surface area contributed by atoms with E-state index in [4.69, 9.17) is 0 Å². The molecule has 0 spiro atoms. The molecule has 0 radical (unpaired) electrons. The summed E-state index contributed by atoms with van der Waals surface area (Å²) < 4.78 is 0. The van der Waals surface area contributed by atoms with Gasteiger partial charge in [0.15, 0.2) is 0 Å².